The van der Waals surface area contributed by atoms with Gasteiger partial charge in [0.15, 0.2) is 0 Å². The molecule has 110 valence electrons. The average molecular weight is 297 g/mol. The fourth-order valence-electron chi connectivity index (χ4n) is 2.37. The molecule has 1 aliphatic rings. The number of hydrogen-bond donors (Lipinski definition) is 1. The van der Waals surface area contributed by atoms with Crippen LogP contribution in [0.25, 0.3) is 0 Å². The average Bonchev–Trinajstić information content (AvgIpc) is 2.45. The van der Waals surface area contributed by atoms with Crippen LogP contribution in [0.1, 0.15) is 24.8 Å². The van der Waals surface area contributed by atoms with Crippen molar-refractivity contribution in [3.8, 4) is 0 Å². The zero-order valence-electron chi connectivity index (χ0n) is 11.4. The summed E-state index contributed by atoms with van der Waals surface area (Å²) in [5.41, 5.74) is 0.891. The van der Waals surface area contributed by atoms with Crippen molar-refractivity contribution in [2.75, 3.05) is 12.8 Å². The molecule has 1 fully saturated rings. The molecule has 7 heteroatoms. The molecule has 1 saturated heterocycles. The van der Waals surface area contributed by atoms with Crippen molar-refractivity contribution in [1.82, 2.24) is 14.6 Å². The SMILES string of the molecule is CS(=O)(=O)N1CCCCC1C(=O)NCc1cccnc1. The van der Waals surface area contributed by atoms with Gasteiger partial charge < -0.3 is 5.32 Å². The van der Waals surface area contributed by atoms with Crippen molar-refractivity contribution in [2.24, 2.45) is 0 Å². The van der Waals surface area contributed by atoms with E-state index < -0.39 is 16.1 Å². The molecule has 0 aromatic carbocycles. The van der Waals surface area contributed by atoms with E-state index >= 15 is 0 Å². The highest BCUT2D eigenvalue weighted by Crippen LogP contribution is 2.20. The minimum absolute atomic E-state index is 0.237. The Morgan fingerprint density at radius 1 is 1.50 bits per heavy atom. The summed E-state index contributed by atoms with van der Waals surface area (Å²) in [6.45, 7) is 0.782. The predicted molar refractivity (Wildman–Crippen MR) is 75.3 cm³/mol. The zero-order valence-corrected chi connectivity index (χ0v) is 12.3. The summed E-state index contributed by atoms with van der Waals surface area (Å²) in [7, 11) is -3.34. The van der Waals surface area contributed by atoms with E-state index in [1.54, 1.807) is 18.5 Å². The van der Waals surface area contributed by atoms with Gasteiger partial charge in [-0.3, -0.25) is 9.78 Å². The minimum atomic E-state index is -3.34. The second-order valence-electron chi connectivity index (χ2n) is 4.96. The number of carbonyl (C=O) groups is 1. The summed E-state index contributed by atoms with van der Waals surface area (Å²) in [6.07, 6.45) is 6.75. The third-order valence-corrected chi connectivity index (χ3v) is 4.66. The Labute approximate surface area is 119 Å². The topological polar surface area (TPSA) is 79.4 Å². The largest absolute Gasteiger partial charge is 0.351 e. The number of nitrogens with one attached hydrogen (secondary N) is 1. The van der Waals surface area contributed by atoms with Gasteiger partial charge in [-0.25, -0.2) is 8.42 Å². The van der Waals surface area contributed by atoms with Crippen molar-refractivity contribution in [3.05, 3.63) is 30.1 Å². The Hall–Kier alpha value is -1.47. The fraction of sp³-hybridized carbons (Fsp3) is 0.538. The van der Waals surface area contributed by atoms with Gasteiger partial charge in [-0.1, -0.05) is 12.5 Å². The van der Waals surface area contributed by atoms with E-state index in [0.717, 1.165) is 24.7 Å². The summed E-state index contributed by atoms with van der Waals surface area (Å²) in [4.78, 5) is 16.2. The molecule has 1 aliphatic heterocycles. The van der Waals surface area contributed by atoms with E-state index in [0.29, 0.717) is 19.5 Å². The molecule has 2 rings (SSSR count). The highest BCUT2D eigenvalue weighted by Gasteiger charge is 2.34. The Balaban J connectivity index is 2.00. The van der Waals surface area contributed by atoms with Crippen LogP contribution < -0.4 is 5.32 Å². The molecule has 1 unspecified atom stereocenters. The van der Waals surface area contributed by atoms with E-state index in [-0.39, 0.29) is 5.91 Å². The summed E-state index contributed by atoms with van der Waals surface area (Å²) in [5, 5.41) is 2.79. The van der Waals surface area contributed by atoms with Gasteiger partial charge in [-0.2, -0.15) is 4.31 Å². The second kappa shape index (κ2) is 6.32. The lowest BCUT2D eigenvalue weighted by molar-refractivity contribution is -0.125. The molecule has 1 atom stereocenters. The monoisotopic (exact) mass is 297 g/mol. The third kappa shape index (κ3) is 3.77. The number of piperidine rings is 1. The molecule has 1 aromatic rings. The molecule has 0 aliphatic carbocycles. The number of rotatable bonds is 4. The Morgan fingerprint density at radius 2 is 2.30 bits per heavy atom. The Kier molecular flexibility index (Phi) is 4.72. The van der Waals surface area contributed by atoms with Crippen LogP contribution in [0.2, 0.25) is 0 Å². The molecule has 1 N–H and O–H groups in total. The molecular formula is C13H19N3O3S. The molecule has 6 nitrogen and oxygen atoms in total. The van der Waals surface area contributed by atoms with Crippen LogP contribution in [0.5, 0.6) is 0 Å². The molecule has 1 aromatic heterocycles. The van der Waals surface area contributed by atoms with Gasteiger partial charge in [0.2, 0.25) is 15.9 Å². The molecule has 0 bridgehead atoms. The highest BCUT2D eigenvalue weighted by atomic mass is 32.2. The smallest absolute Gasteiger partial charge is 0.238 e. The molecule has 0 spiro atoms. The first-order valence-corrected chi connectivity index (χ1v) is 8.47. The lowest BCUT2D eigenvalue weighted by atomic mass is 10.0. The van der Waals surface area contributed by atoms with E-state index in [2.05, 4.69) is 10.3 Å². The number of amides is 1. The van der Waals surface area contributed by atoms with Gasteiger partial charge in [0.05, 0.1) is 6.26 Å². The van der Waals surface area contributed by atoms with Crippen molar-refractivity contribution >= 4 is 15.9 Å². The molecular weight excluding hydrogens is 278 g/mol. The normalized spacial score (nSPS) is 20.6. The first-order chi connectivity index (χ1) is 9.48. The van der Waals surface area contributed by atoms with Crippen LogP contribution in [-0.2, 0) is 21.4 Å². The van der Waals surface area contributed by atoms with Crippen LogP contribution in [0.3, 0.4) is 0 Å². The van der Waals surface area contributed by atoms with Gasteiger partial charge in [0, 0.05) is 25.5 Å². The Bertz CT molecular complexity index is 559. The number of carbonyl (C=O) groups excluding carboxylic acids is 1. The predicted octanol–water partition coefficient (Wildman–Crippen LogP) is 0.512. The summed E-state index contributed by atoms with van der Waals surface area (Å²) < 4.78 is 24.7. The van der Waals surface area contributed by atoms with E-state index in [9.17, 15) is 13.2 Å². The number of sulfonamides is 1. The van der Waals surface area contributed by atoms with E-state index in [1.807, 2.05) is 6.07 Å². The van der Waals surface area contributed by atoms with Gasteiger partial charge in [-0.05, 0) is 24.5 Å². The second-order valence-corrected chi connectivity index (χ2v) is 6.90. The summed E-state index contributed by atoms with van der Waals surface area (Å²) in [6, 6.07) is 3.07. The molecule has 0 radical (unpaired) electrons. The minimum Gasteiger partial charge on any atom is -0.351 e. The van der Waals surface area contributed by atoms with Crippen LogP contribution in [-0.4, -0.2) is 42.5 Å². The Morgan fingerprint density at radius 3 is 2.95 bits per heavy atom. The summed E-state index contributed by atoms with van der Waals surface area (Å²) >= 11 is 0. The maximum Gasteiger partial charge on any atom is 0.238 e. The van der Waals surface area contributed by atoms with E-state index in [1.165, 1.54) is 4.31 Å². The molecule has 2 heterocycles. The lowest BCUT2D eigenvalue weighted by Crippen LogP contribution is -2.51. The first kappa shape index (κ1) is 14.9. The number of hydrogen-bond acceptors (Lipinski definition) is 4. The number of aromatic nitrogens is 1. The van der Waals surface area contributed by atoms with Gasteiger partial charge in [0.1, 0.15) is 6.04 Å². The van der Waals surface area contributed by atoms with Gasteiger partial charge >= 0.3 is 0 Å². The highest BCUT2D eigenvalue weighted by molar-refractivity contribution is 7.88. The van der Waals surface area contributed by atoms with Gasteiger partial charge in [0.25, 0.3) is 0 Å². The maximum atomic E-state index is 12.2. The quantitative estimate of drug-likeness (QED) is 0.878. The molecule has 20 heavy (non-hydrogen) atoms. The van der Waals surface area contributed by atoms with Crippen LogP contribution in [0.4, 0.5) is 0 Å². The van der Waals surface area contributed by atoms with Crippen molar-refractivity contribution in [1.29, 1.82) is 0 Å². The number of nitrogens with zero attached hydrogens (tertiary/aromatic N) is 2. The third-order valence-electron chi connectivity index (χ3n) is 3.37. The van der Waals surface area contributed by atoms with Gasteiger partial charge in [-0.15, -0.1) is 0 Å². The number of pyridine rings is 1. The van der Waals surface area contributed by atoms with Crippen molar-refractivity contribution in [2.45, 2.75) is 31.8 Å². The maximum absolute atomic E-state index is 12.2. The lowest BCUT2D eigenvalue weighted by Gasteiger charge is -2.32. The van der Waals surface area contributed by atoms with Crippen molar-refractivity contribution in [3.63, 3.8) is 0 Å². The van der Waals surface area contributed by atoms with Crippen LogP contribution in [0.15, 0.2) is 24.5 Å². The van der Waals surface area contributed by atoms with Crippen molar-refractivity contribution < 1.29 is 13.2 Å². The molecule has 1 amide bonds. The fourth-order valence-corrected chi connectivity index (χ4v) is 3.50. The summed E-state index contributed by atoms with van der Waals surface area (Å²) in [5.74, 6) is -0.237. The van der Waals surface area contributed by atoms with E-state index in [4.69, 9.17) is 0 Å². The van der Waals surface area contributed by atoms with Crippen LogP contribution in [0, 0.1) is 0 Å². The molecule has 0 saturated carbocycles. The zero-order chi connectivity index (χ0) is 14.6. The first-order valence-electron chi connectivity index (χ1n) is 6.62. The standard InChI is InChI=1S/C13H19N3O3S/c1-20(18,19)16-8-3-2-6-12(16)13(17)15-10-11-5-4-7-14-9-11/h4-5,7,9,12H,2-3,6,8,10H2,1H3,(H,15,17). The van der Waals surface area contributed by atoms with Crippen LogP contribution >= 0.6 is 0 Å².